The van der Waals surface area contributed by atoms with Gasteiger partial charge in [0.15, 0.2) is 0 Å². The van der Waals surface area contributed by atoms with Crippen molar-refractivity contribution in [3.8, 4) is 0 Å². The molecule has 4 aromatic rings. The van der Waals surface area contributed by atoms with Gasteiger partial charge in [-0.05, 0) is 66.9 Å². The number of nitrogens with zero attached hydrogens (tertiary/aromatic N) is 2. The number of amides is 2. The van der Waals surface area contributed by atoms with Gasteiger partial charge in [-0.25, -0.2) is 8.42 Å². The molecule has 0 aromatic heterocycles. The van der Waals surface area contributed by atoms with Crippen LogP contribution in [0.1, 0.15) is 37.0 Å². The fraction of sp³-hybridized carbons (Fsp3) is 0.257. The smallest absolute Gasteiger partial charge is 0.352 e. The Balaban J connectivity index is 1.86. The van der Waals surface area contributed by atoms with Gasteiger partial charge in [0.25, 0.3) is 10.0 Å². The Morgan fingerprint density at radius 1 is 0.896 bits per heavy atom. The van der Waals surface area contributed by atoms with Crippen molar-refractivity contribution in [2.45, 2.75) is 56.4 Å². The third-order valence-electron chi connectivity index (χ3n) is 7.67. The van der Waals surface area contributed by atoms with E-state index in [1.54, 1.807) is 42.5 Å². The van der Waals surface area contributed by atoms with Gasteiger partial charge < -0.3 is 10.2 Å². The molecule has 0 fully saturated rings. The van der Waals surface area contributed by atoms with Crippen molar-refractivity contribution in [1.29, 1.82) is 0 Å². The molecule has 13 heteroatoms. The number of anilines is 1. The summed E-state index contributed by atoms with van der Waals surface area (Å²) >= 11 is 9.30. The summed E-state index contributed by atoms with van der Waals surface area (Å²) in [4.78, 5) is 29.5. The van der Waals surface area contributed by atoms with Gasteiger partial charge in [0, 0.05) is 23.5 Å². The van der Waals surface area contributed by atoms with Crippen LogP contribution in [0.4, 0.5) is 18.9 Å². The molecule has 0 aliphatic rings. The molecule has 0 spiro atoms. The molecule has 4 aromatic carbocycles. The molecule has 48 heavy (non-hydrogen) atoms. The van der Waals surface area contributed by atoms with E-state index >= 15 is 0 Å². The van der Waals surface area contributed by atoms with Crippen LogP contribution >= 0.6 is 27.5 Å². The predicted octanol–water partition coefficient (Wildman–Crippen LogP) is 7.87. The van der Waals surface area contributed by atoms with Crippen molar-refractivity contribution in [2.75, 3.05) is 10.8 Å². The summed E-state index contributed by atoms with van der Waals surface area (Å²) in [5.41, 5.74) is -0.302. The standard InChI is InChI=1S/C35H34BrClF3N3O4S/c1-3-24(2)41-34(45)32(20-25-11-6-4-7-12-25)42(22-26-13-10-14-27(36)19-26)33(44)23-43(48(46,47)29-15-8-5-9-16-29)28-17-18-31(37)30(21-28)35(38,39)40/h4-19,21,24,32H,3,20,22-23H2,1-2H3,(H,41,45)/t24-,32+/m1/s1. The maximum Gasteiger partial charge on any atom is 0.417 e. The highest BCUT2D eigenvalue weighted by Gasteiger charge is 2.37. The Hall–Kier alpha value is -3.87. The monoisotopic (exact) mass is 763 g/mol. The molecule has 2 atom stereocenters. The minimum atomic E-state index is -4.90. The van der Waals surface area contributed by atoms with E-state index in [1.807, 2.05) is 32.0 Å². The third kappa shape index (κ3) is 9.39. The molecule has 0 radical (unpaired) electrons. The van der Waals surface area contributed by atoms with E-state index in [2.05, 4.69) is 21.2 Å². The van der Waals surface area contributed by atoms with E-state index in [0.717, 1.165) is 17.7 Å². The first-order valence-corrected chi connectivity index (χ1v) is 17.6. The molecule has 4 rings (SSSR count). The van der Waals surface area contributed by atoms with Crippen LogP contribution in [0.2, 0.25) is 5.02 Å². The molecule has 0 saturated carbocycles. The third-order valence-corrected chi connectivity index (χ3v) is 10.3. The Labute approximate surface area is 291 Å². The molecule has 0 aliphatic heterocycles. The molecule has 0 bridgehead atoms. The van der Waals surface area contributed by atoms with Crippen LogP contribution in [0.3, 0.4) is 0 Å². The maximum atomic E-state index is 14.5. The lowest BCUT2D eigenvalue weighted by atomic mass is 10.0. The van der Waals surface area contributed by atoms with E-state index in [1.165, 1.54) is 29.2 Å². The Morgan fingerprint density at radius 3 is 2.12 bits per heavy atom. The molecule has 2 amide bonds. The molecule has 0 saturated heterocycles. The SMILES string of the molecule is CC[C@@H](C)NC(=O)[C@H](Cc1ccccc1)N(Cc1cccc(Br)c1)C(=O)CN(c1ccc(Cl)c(C(F)(F)F)c1)S(=O)(=O)c1ccccc1. The second kappa shape index (κ2) is 16.0. The molecule has 254 valence electrons. The topological polar surface area (TPSA) is 86.8 Å². The van der Waals surface area contributed by atoms with Gasteiger partial charge >= 0.3 is 6.18 Å². The molecule has 7 nitrogen and oxygen atoms in total. The number of sulfonamides is 1. The van der Waals surface area contributed by atoms with E-state index in [4.69, 9.17) is 11.6 Å². The van der Waals surface area contributed by atoms with Crippen molar-refractivity contribution in [1.82, 2.24) is 10.2 Å². The maximum absolute atomic E-state index is 14.5. The van der Waals surface area contributed by atoms with E-state index in [0.29, 0.717) is 26.8 Å². The van der Waals surface area contributed by atoms with Crippen LogP contribution in [0.25, 0.3) is 0 Å². The lowest BCUT2D eigenvalue weighted by molar-refractivity contribution is -0.140. The summed E-state index contributed by atoms with van der Waals surface area (Å²) in [5.74, 6) is -1.27. The first-order chi connectivity index (χ1) is 22.7. The summed E-state index contributed by atoms with van der Waals surface area (Å²) in [6, 6.07) is 24.5. The highest BCUT2D eigenvalue weighted by molar-refractivity contribution is 9.10. The number of hydrogen-bond acceptors (Lipinski definition) is 4. The minimum absolute atomic E-state index is 0.0907. The van der Waals surface area contributed by atoms with Gasteiger partial charge in [0.2, 0.25) is 11.8 Å². The fourth-order valence-electron chi connectivity index (χ4n) is 4.96. The van der Waals surface area contributed by atoms with E-state index in [9.17, 15) is 31.2 Å². The molecule has 0 unspecified atom stereocenters. The minimum Gasteiger partial charge on any atom is -0.352 e. The Bertz CT molecular complexity index is 1830. The van der Waals surface area contributed by atoms with Crippen molar-refractivity contribution in [3.63, 3.8) is 0 Å². The number of carbonyl (C=O) groups excluding carboxylic acids is 2. The van der Waals surface area contributed by atoms with Crippen LogP contribution in [-0.4, -0.2) is 43.8 Å². The average molecular weight is 765 g/mol. The summed E-state index contributed by atoms with van der Waals surface area (Å²) in [6.45, 7) is 2.71. The van der Waals surface area contributed by atoms with Gasteiger partial charge in [0.1, 0.15) is 12.6 Å². The van der Waals surface area contributed by atoms with Gasteiger partial charge in [-0.3, -0.25) is 13.9 Å². The zero-order valence-electron chi connectivity index (χ0n) is 26.1. The van der Waals surface area contributed by atoms with Crippen molar-refractivity contribution in [3.05, 3.63) is 129 Å². The molecule has 0 aliphatic carbocycles. The zero-order valence-corrected chi connectivity index (χ0v) is 29.3. The van der Waals surface area contributed by atoms with Gasteiger partial charge in [0.05, 0.1) is 21.2 Å². The quantitative estimate of drug-likeness (QED) is 0.150. The number of benzene rings is 4. The number of alkyl halides is 3. The average Bonchev–Trinajstić information content (AvgIpc) is 3.05. The first kappa shape index (κ1) is 37.0. The van der Waals surface area contributed by atoms with Crippen molar-refractivity contribution in [2.24, 2.45) is 0 Å². The number of rotatable bonds is 13. The van der Waals surface area contributed by atoms with Crippen LogP contribution in [0.15, 0.2) is 112 Å². The molecular weight excluding hydrogens is 731 g/mol. The second-order valence-electron chi connectivity index (χ2n) is 11.2. The first-order valence-electron chi connectivity index (χ1n) is 15.0. The van der Waals surface area contributed by atoms with Crippen LogP contribution in [-0.2, 0) is 38.8 Å². The number of hydrogen-bond donors (Lipinski definition) is 1. The van der Waals surface area contributed by atoms with Gasteiger partial charge in [-0.1, -0.05) is 95.1 Å². The summed E-state index contributed by atoms with van der Waals surface area (Å²) in [5, 5.41) is 2.31. The molecule has 1 N–H and O–H groups in total. The summed E-state index contributed by atoms with van der Waals surface area (Å²) < 4.78 is 71.3. The highest BCUT2D eigenvalue weighted by Crippen LogP contribution is 2.38. The van der Waals surface area contributed by atoms with Gasteiger partial charge in [-0.15, -0.1) is 0 Å². The molecule has 0 heterocycles. The zero-order chi connectivity index (χ0) is 35.1. The van der Waals surface area contributed by atoms with Gasteiger partial charge in [-0.2, -0.15) is 13.2 Å². The van der Waals surface area contributed by atoms with E-state index in [-0.39, 0.29) is 23.9 Å². The molecular formula is C35H34BrClF3N3O4S. The lowest BCUT2D eigenvalue weighted by Crippen LogP contribution is -2.54. The van der Waals surface area contributed by atoms with Crippen LogP contribution in [0.5, 0.6) is 0 Å². The summed E-state index contributed by atoms with van der Waals surface area (Å²) in [6.07, 6.45) is -4.20. The largest absolute Gasteiger partial charge is 0.417 e. The van der Waals surface area contributed by atoms with Crippen LogP contribution < -0.4 is 9.62 Å². The lowest BCUT2D eigenvalue weighted by Gasteiger charge is -2.34. The Kier molecular flexibility index (Phi) is 12.3. The fourth-order valence-corrected chi connectivity index (χ4v) is 7.06. The van der Waals surface area contributed by atoms with E-state index < -0.39 is 56.9 Å². The number of halogens is 5. The predicted molar refractivity (Wildman–Crippen MR) is 184 cm³/mol. The number of carbonyl (C=O) groups is 2. The number of nitrogens with one attached hydrogen (secondary N) is 1. The normalized spacial score (nSPS) is 13.0. The van der Waals surface area contributed by atoms with Crippen molar-refractivity contribution < 1.29 is 31.2 Å². The highest BCUT2D eigenvalue weighted by atomic mass is 79.9. The van der Waals surface area contributed by atoms with Crippen LogP contribution in [0, 0.1) is 0 Å². The second-order valence-corrected chi connectivity index (χ2v) is 14.3. The summed E-state index contributed by atoms with van der Waals surface area (Å²) in [7, 11) is -4.60. The van der Waals surface area contributed by atoms with Crippen molar-refractivity contribution >= 4 is 55.1 Å². The Morgan fingerprint density at radius 2 is 1.52 bits per heavy atom.